The van der Waals surface area contributed by atoms with Gasteiger partial charge in [-0.25, -0.2) is 4.99 Å². The smallest absolute Gasteiger partial charge is 0.191 e. The molecule has 27 heavy (non-hydrogen) atoms. The van der Waals surface area contributed by atoms with Gasteiger partial charge in [0.2, 0.25) is 0 Å². The van der Waals surface area contributed by atoms with Crippen LogP contribution in [0, 0.1) is 0 Å². The van der Waals surface area contributed by atoms with E-state index in [0.717, 1.165) is 50.1 Å². The lowest BCUT2D eigenvalue weighted by molar-refractivity contribution is -0.0201. The number of aliphatic hydroxyl groups is 1. The van der Waals surface area contributed by atoms with Crippen LogP contribution < -0.4 is 15.5 Å². The van der Waals surface area contributed by atoms with Gasteiger partial charge in [-0.2, -0.15) is 0 Å². The van der Waals surface area contributed by atoms with E-state index < -0.39 is 5.60 Å². The van der Waals surface area contributed by atoms with Gasteiger partial charge < -0.3 is 25.4 Å². The number of anilines is 1. The molecule has 1 aromatic carbocycles. The van der Waals surface area contributed by atoms with Gasteiger partial charge in [0.1, 0.15) is 0 Å². The molecule has 0 bridgehead atoms. The molecule has 1 atom stereocenters. The number of hydrogen-bond acceptors (Lipinski definition) is 5. The number of hydrogen-bond donors (Lipinski definition) is 3. The number of β-amino-alcohol motifs (C(OH)–C–C–N with tert-alkyl or cyclic N) is 1. The summed E-state index contributed by atoms with van der Waals surface area (Å²) in [5.41, 5.74) is 1.48. The van der Waals surface area contributed by atoms with Crippen molar-refractivity contribution in [3.8, 4) is 0 Å². The SMILES string of the molecule is CCNC(=NCc1cccc(N(C)C)c1)NCC(C)(O)CN1CCOCC1. The summed E-state index contributed by atoms with van der Waals surface area (Å²) < 4.78 is 5.37. The van der Waals surface area contributed by atoms with E-state index in [9.17, 15) is 5.11 Å². The minimum absolute atomic E-state index is 0.438. The highest BCUT2D eigenvalue weighted by Crippen LogP contribution is 2.14. The maximum Gasteiger partial charge on any atom is 0.191 e. The van der Waals surface area contributed by atoms with Gasteiger partial charge in [-0.1, -0.05) is 12.1 Å². The van der Waals surface area contributed by atoms with Crippen molar-refractivity contribution >= 4 is 11.6 Å². The van der Waals surface area contributed by atoms with Crippen LogP contribution in [-0.4, -0.2) is 81.6 Å². The highest BCUT2D eigenvalue weighted by atomic mass is 16.5. The van der Waals surface area contributed by atoms with Crippen LogP contribution in [0.3, 0.4) is 0 Å². The maximum atomic E-state index is 10.7. The summed E-state index contributed by atoms with van der Waals surface area (Å²) in [5, 5.41) is 17.3. The fourth-order valence-electron chi connectivity index (χ4n) is 3.02. The van der Waals surface area contributed by atoms with Crippen molar-refractivity contribution < 1.29 is 9.84 Å². The molecule has 0 aromatic heterocycles. The predicted octanol–water partition coefficient (Wildman–Crippen LogP) is 0.891. The number of aliphatic imine (C=N–C) groups is 1. The van der Waals surface area contributed by atoms with Gasteiger partial charge in [0, 0.05) is 52.5 Å². The zero-order valence-electron chi connectivity index (χ0n) is 17.2. The zero-order valence-corrected chi connectivity index (χ0v) is 17.2. The van der Waals surface area contributed by atoms with E-state index >= 15 is 0 Å². The Labute approximate surface area is 163 Å². The lowest BCUT2D eigenvalue weighted by atomic mass is 10.1. The lowest BCUT2D eigenvalue weighted by Gasteiger charge is -2.34. The van der Waals surface area contributed by atoms with E-state index in [1.807, 2.05) is 34.0 Å². The fourth-order valence-corrected chi connectivity index (χ4v) is 3.02. The second kappa shape index (κ2) is 10.5. The first-order valence-electron chi connectivity index (χ1n) is 9.70. The molecule has 1 aromatic rings. The number of nitrogens with zero attached hydrogens (tertiary/aromatic N) is 3. The molecule has 7 heteroatoms. The molecule has 1 aliphatic rings. The van der Waals surface area contributed by atoms with E-state index in [4.69, 9.17) is 4.74 Å². The third kappa shape index (κ3) is 7.74. The predicted molar refractivity (Wildman–Crippen MR) is 111 cm³/mol. The quantitative estimate of drug-likeness (QED) is 0.462. The average Bonchev–Trinajstić information content (AvgIpc) is 2.64. The zero-order chi connectivity index (χ0) is 19.7. The molecule has 1 aliphatic heterocycles. The molecule has 1 unspecified atom stereocenters. The molecule has 2 rings (SSSR count). The largest absolute Gasteiger partial charge is 0.387 e. The van der Waals surface area contributed by atoms with Gasteiger partial charge in [0.25, 0.3) is 0 Å². The van der Waals surface area contributed by atoms with Crippen molar-refractivity contribution in [2.45, 2.75) is 26.0 Å². The summed E-state index contributed by atoms with van der Waals surface area (Å²) >= 11 is 0. The first-order valence-corrected chi connectivity index (χ1v) is 9.70. The molecule has 7 nitrogen and oxygen atoms in total. The molecule has 1 saturated heterocycles. The molecule has 0 saturated carbocycles. The van der Waals surface area contributed by atoms with Crippen molar-refractivity contribution in [1.82, 2.24) is 15.5 Å². The molecular formula is C20H35N5O2. The van der Waals surface area contributed by atoms with Gasteiger partial charge in [-0.3, -0.25) is 4.90 Å². The number of nitrogens with one attached hydrogen (secondary N) is 2. The first kappa shape index (κ1) is 21.5. The highest BCUT2D eigenvalue weighted by Gasteiger charge is 2.25. The number of ether oxygens (including phenoxy) is 1. The minimum atomic E-state index is -0.835. The summed E-state index contributed by atoms with van der Waals surface area (Å²) in [5.74, 6) is 0.718. The van der Waals surface area contributed by atoms with Crippen molar-refractivity contribution in [1.29, 1.82) is 0 Å². The van der Waals surface area contributed by atoms with E-state index in [-0.39, 0.29) is 0 Å². The van der Waals surface area contributed by atoms with Gasteiger partial charge in [0.05, 0.1) is 25.4 Å². The van der Waals surface area contributed by atoms with Crippen LogP contribution in [0.2, 0.25) is 0 Å². The van der Waals surface area contributed by atoms with Crippen molar-refractivity contribution in [3.05, 3.63) is 29.8 Å². The Balaban J connectivity index is 1.91. The fraction of sp³-hybridized carbons (Fsp3) is 0.650. The van der Waals surface area contributed by atoms with Gasteiger partial charge in [-0.15, -0.1) is 0 Å². The van der Waals surface area contributed by atoms with Crippen molar-refractivity contribution in [3.63, 3.8) is 0 Å². The molecule has 0 aliphatic carbocycles. The van der Waals surface area contributed by atoms with Crippen LogP contribution in [0.25, 0.3) is 0 Å². The topological polar surface area (TPSA) is 72.4 Å². The van der Waals surface area contributed by atoms with E-state index in [0.29, 0.717) is 19.6 Å². The highest BCUT2D eigenvalue weighted by molar-refractivity contribution is 5.79. The Bertz CT molecular complexity index is 598. The second-order valence-corrected chi connectivity index (χ2v) is 7.50. The summed E-state index contributed by atoms with van der Waals surface area (Å²) in [6, 6.07) is 8.35. The average molecular weight is 378 g/mol. The summed E-state index contributed by atoms with van der Waals surface area (Å²) in [6.07, 6.45) is 0. The van der Waals surface area contributed by atoms with Crippen molar-refractivity contribution in [2.75, 3.05) is 64.9 Å². The van der Waals surface area contributed by atoms with Crippen LogP contribution >= 0.6 is 0 Å². The molecular weight excluding hydrogens is 342 g/mol. The number of benzene rings is 1. The molecule has 1 heterocycles. The minimum Gasteiger partial charge on any atom is -0.387 e. The Kier molecular flexibility index (Phi) is 8.34. The van der Waals surface area contributed by atoms with Gasteiger partial charge in [0.15, 0.2) is 5.96 Å². The molecule has 0 amide bonds. The van der Waals surface area contributed by atoms with E-state index in [1.54, 1.807) is 0 Å². The van der Waals surface area contributed by atoms with Gasteiger partial charge in [-0.05, 0) is 31.5 Å². The Morgan fingerprint density at radius 2 is 2.04 bits per heavy atom. The van der Waals surface area contributed by atoms with Crippen LogP contribution in [0.15, 0.2) is 29.3 Å². The third-order valence-corrected chi connectivity index (χ3v) is 4.50. The normalized spacial score (nSPS) is 18.0. The Hall–Kier alpha value is -1.83. The van der Waals surface area contributed by atoms with Crippen LogP contribution in [0.1, 0.15) is 19.4 Å². The maximum absolute atomic E-state index is 10.7. The molecule has 0 spiro atoms. The molecule has 3 N–H and O–H groups in total. The number of guanidine groups is 1. The molecule has 152 valence electrons. The second-order valence-electron chi connectivity index (χ2n) is 7.50. The summed E-state index contributed by atoms with van der Waals surface area (Å²) in [6.45, 7) is 9.52. The van der Waals surface area contributed by atoms with Crippen LogP contribution in [0.4, 0.5) is 5.69 Å². The van der Waals surface area contributed by atoms with E-state index in [2.05, 4.69) is 43.6 Å². The molecule has 0 radical (unpaired) electrons. The van der Waals surface area contributed by atoms with Crippen LogP contribution in [0.5, 0.6) is 0 Å². The van der Waals surface area contributed by atoms with Gasteiger partial charge >= 0.3 is 0 Å². The van der Waals surface area contributed by atoms with Crippen LogP contribution in [-0.2, 0) is 11.3 Å². The van der Waals surface area contributed by atoms with E-state index in [1.165, 1.54) is 0 Å². The summed E-state index contributed by atoms with van der Waals surface area (Å²) in [4.78, 5) is 8.99. The first-order chi connectivity index (χ1) is 12.9. The Morgan fingerprint density at radius 3 is 2.70 bits per heavy atom. The molecule has 1 fully saturated rings. The standard InChI is InChI=1S/C20H35N5O2/c1-5-21-19(22-14-17-7-6-8-18(13-17)24(3)4)23-15-20(2,26)16-25-9-11-27-12-10-25/h6-8,13,26H,5,9-12,14-16H2,1-4H3,(H2,21,22,23). The number of rotatable bonds is 8. The number of morpholine rings is 1. The Morgan fingerprint density at radius 1 is 1.30 bits per heavy atom. The lowest BCUT2D eigenvalue weighted by Crippen LogP contribution is -2.52. The third-order valence-electron chi connectivity index (χ3n) is 4.50. The van der Waals surface area contributed by atoms with Crippen molar-refractivity contribution in [2.24, 2.45) is 4.99 Å². The summed E-state index contributed by atoms with van der Waals surface area (Å²) in [7, 11) is 4.06. The monoisotopic (exact) mass is 377 g/mol.